The smallest absolute Gasteiger partial charge is 0.175 e. The van der Waals surface area contributed by atoms with Gasteiger partial charge >= 0.3 is 0 Å². The van der Waals surface area contributed by atoms with Crippen molar-refractivity contribution in [2.24, 2.45) is 5.73 Å². The summed E-state index contributed by atoms with van der Waals surface area (Å²) in [5.74, 6) is 0.295. The molecular weight excluding hydrogens is 238 g/mol. The Balaban J connectivity index is 2.98. The van der Waals surface area contributed by atoms with Gasteiger partial charge in [0.05, 0.1) is 4.90 Å². The molecular formula is C11H15N3O2S. The number of rotatable bonds is 4. The van der Waals surface area contributed by atoms with Gasteiger partial charge in [-0.1, -0.05) is 6.07 Å². The zero-order chi connectivity index (χ0) is 13.1. The van der Waals surface area contributed by atoms with Gasteiger partial charge < -0.3 is 16.5 Å². The first-order valence-corrected chi connectivity index (χ1v) is 6.77. The Hall–Kier alpha value is -1.82. The largest absolute Gasteiger partial charge is 0.385 e. The molecule has 0 aliphatic heterocycles. The molecule has 0 aromatic heterocycles. The fourth-order valence-electron chi connectivity index (χ4n) is 1.24. The highest BCUT2D eigenvalue weighted by molar-refractivity contribution is 7.90. The monoisotopic (exact) mass is 253 g/mol. The van der Waals surface area contributed by atoms with Crippen LogP contribution in [0.3, 0.4) is 0 Å². The maximum absolute atomic E-state index is 11.3. The summed E-state index contributed by atoms with van der Waals surface area (Å²) in [7, 11) is -3.23. The van der Waals surface area contributed by atoms with Crippen LogP contribution in [0.1, 0.15) is 6.92 Å². The molecule has 0 heterocycles. The zero-order valence-electron chi connectivity index (χ0n) is 9.69. The number of benzene rings is 1. The van der Waals surface area contributed by atoms with Gasteiger partial charge in [0.2, 0.25) is 0 Å². The van der Waals surface area contributed by atoms with Crippen molar-refractivity contribution in [3.05, 3.63) is 36.2 Å². The second kappa shape index (κ2) is 5.01. The van der Waals surface area contributed by atoms with Gasteiger partial charge in [-0.15, -0.1) is 0 Å². The Labute approximate surface area is 101 Å². The number of hydrogen-bond donors (Lipinski definition) is 3. The average Bonchev–Trinajstić information content (AvgIpc) is 2.15. The van der Waals surface area contributed by atoms with Crippen LogP contribution >= 0.6 is 0 Å². The molecule has 0 atom stereocenters. The Morgan fingerprint density at radius 3 is 2.65 bits per heavy atom. The number of nitrogens with two attached hydrogens (primary N) is 1. The summed E-state index contributed by atoms with van der Waals surface area (Å²) < 4.78 is 22.7. The van der Waals surface area contributed by atoms with E-state index in [9.17, 15) is 8.42 Å². The van der Waals surface area contributed by atoms with E-state index in [2.05, 4.69) is 5.32 Å². The molecule has 6 heteroatoms. The summed E-state index contributed by atoms with van der Waals surface area (Å²) in [5.41, 5.74) is 6.51. The van der Waals surface area contributed by atoms with Gasteiger partial charge in [-0.2, -0.15) is 0 Å². The summed E-state index contributed by atoms with van der Waals surface area (Å²) in [4.78, 5) is 0.224. The van der Waals surface area contributed by atoms with Crippen molar-refractivity contribution in [3.63, 3.8) is 0 Å². The molecule has 92 valence electrons. The van der Waals surface area contributed by atoms with Gasteiger partial charge in [0.25, 0.3) is 0 Å². The molecule has 0 saturated carbocycles. The standard InChI is InChI=1S/C11H15N3O2S/c1-8(12)6-11(13)14-9-4-3-5-10(7-9)17(2,15)16/h3-7,12,14H,13H2,1-2H3/b11-6-,12-8?. The van der Waals surface area contributed by atoms with E-state index in [4.69, 9.17) is 11.1 Å². The molecule has 1 aromatic carbocycles. The predicted molar refractivity (Wildman–Crippen MR) is 68.8 cm³/mol. The van der Waals surface area contributed by atoms with E-state index in [1.807, 2.05) is 0 Å². The van der Waals surface area contributed by atoms with Gasteiger partial charge in [0.15, 0.2) is 9.84 Å². The van der Waals surface area contributed by atoms with Crippen LogP contribution in [0, 0.1) is 5.41 Å². The van der Waals surface area contributed by atoms with E-state index in [1.54, 1.807) is 19.1 Å². The van der Waals surface area contributed by atoms with Crippen LogP contribution in [-0.4, -0.2) is 20.4 Å². The van der Waals surface area contributed by atoms with Crippen molar-refractivity contribution >= 4 is 21.2 Å². The van der Waals surface area contributed by atoms with Gasteiger partial charge in [-0.3, -0.25) is 0 Å². The van der Waals surface area contributed by atoms with Crippen molar-refractivity contribution in [1.29, 1.82) is 5.41 Å². The van der Waals surface area contributed by atoms with Crippen molar-refractivity contribution in [1.82, 2.24) is 0 Å². The van der Waals surface area contributed by atoms with Crippen LogP contribution in [0.15, 0.2) is 41.1 Å². The topological polar surface area (TPSA) is 96.0 Å². The SMILES string of the molecule is CC(=N)/C=C(/N)Nc1cccc(S(C)(=O)=O)c1. The third-order valence-electron chi connectivity index (χ3n) is 1.92. The van der Waals surface area contributed by atoms with Crippen molar-refractivity contribution in [2.45, 2.75) is 11.8 Å². The normalized spacial score (nSPS) is 12.2. The molecule has 5 nitrogen and oxygen atoms in total. The molecule has 0 aliphatic carbocycles. The first-order valence-electron chi connectivity index (χ1n) is 4.88. The van der Waals surface area contributed by atoms with Crippen LogP contribution in [0.2, 0.25) is 0 Å². The third kappa shape index (κ3) is 4.28. The maximum atomic E-state index is 11.3. The molecule has 0 radical (unpaired) electrons. The van der Waals surface area contributed by atoms with Crippen LogP contribution in [0.5, 0.6) is 0 Å². The fraction of sp³-hybridized carbons (Fsp3) is 0.182. The lowest BCUT2D eigenvalue weighted by molar-refractivity contribution is 0.602. The van der Waals surface area contributed by atoms with E-state index < -0.39 is 9.84 Å². The van der Waals surface area contributed by atoms with Crippen LogP contribution in [0.25, 0.3) is 0 Å². The first-order chi connectivity index (χ1) is 7.79. The zero-order valence-corrected chi connectivity index (χ0v) is 10.5. The Morgan fingerprint density at radius 2 is 2.12 bits per heavy atom. The van der Waals surface area contributed by atoms with Crippen molar-refractivity contribution in [3.8, 4) is 0 Å². The highest BCUT2D eigenvalue weighted by Gasteiger charge is 2.07. The highest BCUT2D eigenvalue weighted by Crippen LogP contribution is 2.15. The molecule has 17 heavy (non-hydrogen) atoms. The van der Waals surface area contributed by atoms with Gasteiger partial charge in [-0.05, 0) is 31.2 Å². The minimum absolute atomic E-state index is 0.224. The van der Waals surface area contributed by atoms with E-state index in [0.29, 0.717) is 17.2 Å². The molecule has 1 aromatic rings. The van der Waals surface area contributed by atoms with E-state index >= 15 is 0 Å². The molecule has 0 fully saturated rings. The lowest BCUT2D eigenvalue weighted by atomic mass is 10.3. The Bertz CT molecular complexity index is 562. The summed E-state index contributed by atoms with van der Waals surface area (Å²) in [6.45, 7) is 1.60. The molecule has 0 spiro atoms. The Morgan fingerprint density at radius 1 is 1.47 bits per heavy atom. The van der Waals surface area contributed by atoms with E-state index in [0.717, 1.165) is 6.26 Å². The molecule has 0 amide bonds. The summed E-state index contributed by atoms with van der Waals surface area (Å²) >= 11 is 0. The molecule has 0 saturated heterocycles. The average molecular weight is 253 g/mol. The number of anilines is 1. The summed E-state index contributed by atoms with van der Waals surface area (Å²) in [6.07, 6.45) is 2.60. The van der Waals surface area contributed by atoms with Crippen LogP contribution < -0.4 is 11.1 Å². The molecule has 0 bridgehead atoms. The predicted octanol–water partition coefficient (Wildman–Crippen LogP) is 1.34. The number of sulfone groups is 1. The van der Waals surface area contributed by atoms with Crippen LogP contribution in [0.4, 0.5) is 5.69 Å². The van der Waals surface area contributed by atoms with E-state index in [-0.39, 0.29) is 4.90 Å². The fourth-order valence-corrected chi connectivity index (χ4v) is 1.91. The lowest BCUT2D eigenvalue weighted by Crippen LogP contribution is -2.11. The molecule has 4 N–H and O–H groups in total. The maximum Gasteiger partial charge on any atom is 0.175 e. The van der Waals surface area contributed by atoms with Crippen molar-refractivity contribution < 1.29 is 8.42 Å². The second-order valence-corrected chi connectivity index (χ2v) is 5.72. The number of nitrogens with one attached hydrogen (secondary N) is 2. The minimum Gasteiger partial charge on any atom is -0.385 e. The molecule has 0 aliphatic rings. The van der Waals surface area contributed by atoms with Gasteiger partial charge in [-0.25, -0.2) is 8.42 Å². The highest BCUT2D eigenvalue weighted by atomic mass is 32.2. The van der Waals surface area contributed by atoms with E-state index in [1.165, 1.54) is 18.2 Å². The van der Waals surface area contributed by atoms with Gasteiger partial charge in [0.1, 0.15) is 5.82 Å². The van der Waals surface area contributed by atoms with Crippen LogP contribution in [-0.2, 0) is 9.84 Å². The van der Waals surface area contributed by atoms with Crippen molar-refractivity contribution in [2.75, 3.05) is 11.6 Å². The summed E-state index contributed by atoms with van der Waals surface area (Å²) in [5, 5.41) is 10.1. The summed E-state index contributed by atoms with van der Waals surface area (Å²) in [6, 6.07) is 6.34. The number of hydrogen-bond acceptors (Lipinski definition) is 5. The third-order valence-corrected chi connectivity index (χ3v) is 3.03. The second-order valence-electron chi connectivity index (χ2n) is 3.71. The minimum atomic E-state index is -3.23. The molecule has 0 unspecified atom stereocenters. The van der Waals surface area contributed by atoms with Gasteiger partial charge in [0, 0.05) is 17.7 Å². The first kappa shape index (κ1) is 13.2. The molecule has 1 rings (SSSR count). The lowest BCUT2D eigenvalue weighted by Gasteiger charge is -2.07. The Kier molecular flexibility index (Phi) is 3.90. The number of allylic oxidation sites excluding steroid dienone is 1. The quantitative estimate of drug-likeness (QED) is 0.705.